The van der Waals surface area contributed by atoms with Gasteiger partial charge in [0.2, 0.25) is 10.0 Å². The summed E-state index contributed by atoms with van der Waals surface area (Å²) in [7, 11) is 1.30. The summed E-state index contributed by atoms with van der Waals surface area (Å²) in [5.41, 5.74) is 2.03. The Labute approximate surface area is 288 Å². The van der Waals surface area contributed by atoms with Crippen LogP contribution in [0.2, 0.25) is 0 Å². The van der Waals surface area contributed by atoms with Gasteiger partial charge in [-0.15, -0.1) is 0 Å². The van der Waals surface area contributed by atoms with Crippen LogP contribution in [0.3, 0.4) is 0 Å². The van der Waals surface area contributed by atoms with Gasteiger partial charge in [-0.1, -0.05) is 44.5 Å². The lowest BCUT2D eigenvalue weighted by atomic mass is 10.00. The minimum absolute atomic E-state index is 0.0200. The number of esters is 1. The number of carboxylic acid groups (broad SMARTS) is 2. The highest BCUT2D eigenvalue weighted by Gasteiger charge is 2.31. The van der Waals surface area contributed by atoms with E-state index in [1.165, 1.54) is 48.3 Å². The number of carbonyl (C=O) groups is 3. The average molecular weight is 708 g/mol. The number of aliphatic carboxylic acids is 2. The third-order valence-electron chi connectivity index (χ3n) is 8.49. The fourth-order valence-corrected chi connectivity index (χ4v) is 8.48. The summed E-state index contributed by atoms with van der Waals surface area (Å²) in [5.74, 6) is -2.86. The van der Waals surface area contributed by atoms with Crippen LogP contribution in [0.25, 0.3) is 0 Å². The van der Waals surface area contributed by atoms with Crippen molar-refractivity contribution in [2.24, 2.45) is 0 Å². The molecule has 14 heteroatoms. The number of ether oxygens (including phenoxy) is 2. The fourth-order valence-electron chi connectivity index (χ4n) is 5.98. The summed E-state index contributed by atoms with van der Waals surface area (Å²) in [4.78, 5) is 35.8. The van der Waals surface area contributed by atoms with Gasteiger partial charge in [-0.25, -0.2) is 22.3 Å². The first-order valence-electron chi connectivity index (χ1n) is 16.4. The molecule has 0 radical (unpaired) electrons. The van der Waals surface area contributed by atoms with Crippen molar-refractivity contribution in [3.8, 4) is 5.75 Å². The van der Waals surface area contributed by atoms with E-state index in [1.807, 2.05) is 24.3 Å². The van der Waals surface area contributed by atoms with Gasteiger partial charge in [-0.05, 0) is 69.3 Å². The van der Waals surface area contributed by atoms with E-state index < -0.39 is 22.0 Å². The average Bonchev–Trinajstić information content (AvgIpc) is 3.48. The lowest BCUT2D eigenvalue weighted by Gasteiger charge is -2.37. The number of hydrogen-bond donors (Lipinski definition) is 2. The molecule has 5 rings (SSSR count). The van der Waals surface area contributed by atoms with Crippen LogP contribution in [-0.2, 0) is 29.1 Å². The third kappa shape index (κ3) is 10.3. The van der Waals surface area contributed by atoms with Gasteiger partial charge in [0.15, 0.2) is 0 Å². The van der Waals surface area contributed by atoms with E-state index in [2.05, 4.69) is 29.7 Å². The van der Waals surface area contributed by atoms with Crippen molar-refractivity contribution in [2.45, 2.75) is 98.5 Å². The summed E-state index contributed by atoms with van der Waals surface area (Å²) in [6, 6.07) is 12.3. The van der Waals surface area contributed by atoms with Crippen molar-refractivity contribution in [3.63, 3.8) is 0 Å². The summed E-state index contributed by atoms with van der Waals surface area (Å²) < 4.78 is 37.9. The van der Waals surface area contributed by atoms with Crippen molar-refractivity contribution in [2.75, 3.05) is 45.7 Å². The van der Waals surface area contributed by atoms with E-state index in [1.54, 1.807) is 27.3 Å². The topological polar surface area (TPSA) is 154 Å². The van der Waals surface area contributed by atoms with Crippen LogP contribution in [0, 0.1) is 0 Å². The highest BCUT2D eigenvalue weighted by molar-refractivity contribution is 8.00. The van der Waals surface area contributed by atoms with Crippen molar-refractivity contribution >= 4 is 51.1 Å². The van der Waals surface area contributed by atoms with Gasteiger partial charge in [0.05, 0.1) is 28.3 Å². The number of cyclic esters (lactones) is 1. The predicted octanol–water partition coefficient (Wildman–Crippen LogP) is 5.85. The molecule has 48 heavy (non-hydrogen) atoms. The summed E-state index contributed by atoms with van der Waals surface area (Å²) in [6.45, 7) is 7.46. The molecule has 2 fully saturated rings. The van der Waals surface area contributed by atoms with Crippen molar-refractivity contribution in [1.82, 2.24) is 9.21 Å². The van der Waals surface area contributed by atoms with Gasteiger partial charge < -0.3 is 29.5 Å². The van der Waals surface area contributed by atoms with Crippen molar-refractivity contribution in [3.05, 3.63) is 36.4 Å². The van der Waals surface area contributed by atoms with Gasteiger partial charge in [0.25, 0.3) is 0 Å². The molecule has 3 aliphatic rings. The van der Waals surface area contributed by atoms with Crippen LogP contribution in [0.5, 0.6) is 5.75 Å². The molecule has 0 amide bonds. The standard InChI is InChI=1S/C25H35N3O3S2.C7H12O2.C2H2O4/c1-5-19-10-6-7-15-27(19)16-9-17-28-21-11-8-12-24(33(29,30)26(2)3)25(21)32-23-14-13-20(31-4)18-22(23)28;1-2-3-6-4-5-7(8)9-6;3-1(4)2(5)6/h8,11-14,18-19H,5-7,9-10,15-17H2,1-4H3;6H,2-5H2,1H3;(H,3,4)(H,5,6). The number of fused-ring (bicyclic) bond motifs is 2. The molecule has 2 aromatic carbocycles. The normalized spacial score (nSPS) is 18.8. The molecule has 3 heterocycles. The third-order valence-corrected chi connectivity index (χ3v) is 11.7. The number of piperidine rings is 1. The molecule has 0 aromatic heterocycles. The zero-order chi connectivity index (χ0) is 35.4. The van der Waals surface area contributed by atoms with Crippen molar-refractivity contribution in [1.29, 1.82) is 0 Å². The number of methoxy groups -OCH3 is 1. The number of likely N-dealkylation sites (tertiary alicyclic amines) is 1. The summed E-state index contributed by atoms with van der Waals surface area (Å²) in [5, 5.41) is 14.8. The van der Waals surface area contributed by atoms with E-state index in [-0.39, 0.29) is 12.1 Å². The molecule has 0 aliphatic carbocycles. The van der Waals surface area contributed by atoms with Crippen LogP contribution in [0.4, 0.5) is 11.4 Å². The van der Waals surface area contributed by atoms with Gasteiger partial charge in [-0.2, -0.15) is 0 Å². The Balaban J connectivity index is 0.000000344. The Hall–Kier alpha value is -3.33. The van der Waals surface area contributed by atoms with Crippen LogP contribution in [-0.4, -0.2) is 98.7 Å². The molecule has 3 aliphatic heterocycles. The van der Waals surface area contributed by atoms with Crippen LogP contribution >= 0.6 is 11.8 Å². The number of hydrogen-bond acceptors (Lipinski definition) is 10. The largest absolute Gasteiger partial charge is 0.497 e. The van der Waals surface area contributed by atoms with Crippen LogP contribution in [0.15, 0.2) is 51.1 Å². The molecule has 2 unspecified atom stereocenters. The fraction of sp³-hybridized carbons (Fsp3) is 0.559. The molecule has 0 bridgehead atoms. The maximum absolute atomic E-state index is 13.1. The number of rotatable bonds is 10. The van der Waals surface area contributed by atoms with Gasteiger partial charge in [-0.3, -0.25) is 4.79 Å². The van der Waals surface area contributed by atoms with Crippen molar-refractivity contribution < 1.29 is 42.5 Å². The maximum atomic E-state index is 13.1. The lowest BCUT2D eigenvalue weighted by molar-refractivity contribution is -0.159. The van der Waals surface area contributed by atoms with E-state index in [0.717, 1.165) is 65.7 Å². The second-order valence-corrected chi connectivity index (χ2v) is 15.1. The SMILES string of the molecule is CCC1CCCCN1CCCN1c2cc(OC)ccc2Sc2c1cccc2S(=O)(=O)N(C)C.CCCC1CCC(=O)O1.O=C(O)C(=O)O. The first-order valence-corrected chi connectivity index (χ1v) is 18.7. The molecule has 2 N–H and O–H groups in total. The number of carbonyl (C=O) groups excluding carboxylic acids is 1. The molecule has 0 saturated carbocycles. The maximum Gasteiger partial charge on any atom is 0.414 e. The van der Waals surface area contributed by atoms with E-state index in [4.69, 9.17) is 29.3 Å². The summed E-state index contributed by atoms with van der Waals surface area (Å²) >= 11 is 1.53. The molecule has 266 valence electrons. The summed E-state index contributed by atoms with van der Waals surface area (Å²) in [6.07, 6.45) is 10.1. The van der Waals surface area contributed by atoms with E-state index in [0.29, 0.717) is 17.4 Å². The zero-order valence-corrected chi connectivity index (χ0v) is 30.1. The second kappa shape index (κ2) is 18.4. The molecule has 2 atom stereocenters. The Morgan fingerprint density at radius 1 is 1.04 bits per heavy atom. The minimum atomic E-state index is -3.55. The number of sulfonamides is 1. The first-order chi connectivity index (χ1) is 22.8. The van der Waals surface area contributed by atoms with Gasteiger partial charge in [0, 0.05) is 50.6 Å². The smallest absolute Gasteiger partial charge is 0.414 e. The Kier molecular flexibility index (Phi) is 15.0. The molecule has 0 spiro atoms. The van der Waals surface area contributed by atoms with Gasteiger partial charge in [0.1, 0.15) is 11.9 Å². The Bertz CT molecular complexity index is 1510. The molecule has 2 aromatic rings. The number of nitrogens with zero attached hydrogens (tertiary/aromatic N) is 3. The highest BCUT2D eigenvalue weighted by atomic mass is 32.2. The molecule has 2 saturated heterocycles. The van der Waals surface area contributed by atoms with Gasteiger partial charge >= 0.3 is 17.9 Å². The predicted molar refractivity (Wildman–Crippen MR) is 185 cm³/mol. The van der Waals surface area contributed by atoms with E-state index in [9.17, 15) is 13.2 Å². The number of anilines is 2. The molecular weight excluding hydrogens is 659 g/mol. The lowest BCUT2D eigenvalue weighted by Crippen LogP contribution is -2.40. The number of benzene rings is 2. The molecular formula is C34H49N3O9S2. The highest BCUT2D eigenvalue weighted by Crippen LogP contribution is 2.51. The Morgan fingerprint density at radius 2 is 1.77 bits per heavy atom. The number of carboxylic acids is 2. The van der Waals surface area contributed by atoms with Crippen LogP contribution in [0.1, 0.15) is 71.6 Å². The monoisotopic (exact) mass is 707 g/mol. The zero-order valence-electron chi connectivity index (χ0n) is 28.5. The Morgan fingerprint density at radius 3 is 2.35 bits per heavy atom. The molecule has 12 nitrogen and oxygen atoms in total. The first kappa shape index (κ1) is 39.1. The minimum Gasteiger partial charge on any atom is -0.497 e. The van der Waals surface area contributed by atoms with Crippen LogP contribution < -0.4 is 9.64 Å². The quantitative estimate of drug-likeness (QED) is 0.225. The second-order valence-electron chi connectivity index (χ2n) is 12.0. The van der Waals surface area contributed by atoms with E-state index >= 15 is 0 Å².